The summed E-state index contributed by atoms with van der Waals surface area (Å²) in [5.41, 5.74) is 3.44. The number of hydrogen-bond acceptors (Lipinski definition) is 16. The number of carbonyl (C=O) groups is 6. The van der Waals surface area contributed by atoms with E-state index in [0.717, 1.165) is 50.0 Å². The van der Waals surface area contributed by atoms with Crippen molar-refractivity contribution in [1.82, 2.24) is 29.7 Å². The Balaban J connectivity index is 0.000000195. The van der Waals surface area contributed by atoms with Crippen LogP contribution in [-0.2, 0) is 43.0 Å². The van der Waals surface area contributed by atoms with Crippen molar-refractivity contribution in [1.29, 1.82) is 0 Å². The molecule has 0 saturated carbocycles. The van der Waals surface area contributed by atoms with Crippen LogP contribution in [0.25, 0.3) is 0 Å². The highest BCUT2D eigenvalue weighted by Crippen LogP contribution is 2.37. The van der Waals surface area contributed by atoms with Gasteiger partial charge in [-0.3, -0.25) is 58.4 Å². The second kappa shape index (κ2) is 26.1. The summed E-state index contributed by atoms with van der Waals surface area (Å²) in [7, 11) is 6.20. The minimum Gasteiger partial charge on any atom is -0.481 e. The molecule has 3 aromatic heterocycles. The van der Waals surface area contributed by atoms with E-state index in [4.69, 9.17) is 19.7 Å². The van der Waals surface area contributed by atoms with Crippen molar-refractivity contribution in [3.63, 3.8) is 0 Å². The molecule has 3 N–H and O–H groups in total. The molecule has 342 valence electrons. The van der Waals surface area contributed by atoms with Crippen LogP contribution < -0.4 is 0 Å². The van der Waals surface area contributed by atoms with E-state index < -0.39 is 35.8 Å². The van der Waals surface area contributed by atoms with Crippen LogP contribution >= 0.6 is 0 Å². The molecule has 6 atom stereocenters. The molecular formula is C45H60N6O12. The number of aliphatic carboxylic acids is 2. The lowest BCUT2D eigenvalue weighted by Gasteiger charge is -2.25. The van der Waals surface area contributed by atoms with Crippen LogP contribution in [0.15, 0.2) is 73.6 Å². The predicted octanol–water partition coefficient (Wildman–Crippen LogP) is 3.88. The first-order valence-electron chi connectivity index (χ1n) is 21.2. The van der Waals surface area contributed by atoms with Crippen molar-refractivity contribution in [3.8, 4) is 0 Å². The molecule has 0 aromatic carbocycles. The Morgan fingerprint density at radius 3 is 1.24 bits per heavy atom. The summed E-state index contributed by atoms with van der Waals surface area (Å²) in [4.78, 5) is 83.1. The number of cyclic esters (lactones) is 2. The van der Waals surface area contributed by atoms with Crippen LogP contribution in [0.3, 0.4) is 0 Å². The van der Waals surface area contributed by atoms with Crippen molar-refractivity contribution in [3.05, 3.63) is 90.3 Å². The fourth-order valence-electron chi connectivity index (χ4n) is 8.25. The average molecular weight is 877 g/mol. The van der Waals surface area contributed by atoms with Crippen LogP contribution in [0.2, 0.25) is 0 Å². The standard InChI is InChI=1S/2C15H20N2O4.C11H16N2O.C4H4O3/c2*1-17-8-6-12(10-21-14(20)5-4-13(18)19)15(17)11-3-2-7-16-9-11;1-13-6-4-10(8-14)11(13)9-3-2-5-12-7-9;5-3-1-2-4(6)7-3/h2*2-3,7,9,12,15H,4-6,8,10H2,1H3,(H,18,19);2-3,5,7,10-11,14H,4,6,8H2,1H3;1-2H2/t2*12-,15?;10-,11?;/m111./s1. The van der Waals surface area contributed by atoms with Crippen LogP contribution in [0, 0.1) is 17.8 Å². The first-order valence-corrected chi connectivity index (χ1v) is 21.2. The molecule has 0 bridgehead atoms. The lowest BCUT2D eigenvalue weighted by molar-refractivity contribution is -0.152. The summed E-state index contributed by atoms with van der Waals surface area (Å²) >= 11 is 0. The van der Waals surface area contributed by atoms with Crippen LogP contribution in [0.1, 0.15) is 92.6 Å². The number of hydrogen-bond donors (Lipinski definition) is 3. The number of esters is 4. The average Bonchev–Trinajstić information content (AvgIpc) is 4.07. The monoisotopic (exact) mass is 876 g/mol. The maximum absolute atomic E-state index is 11.5. The number of likely N-dealkylation sites (tertiary alicyclic amines) is 3. The van der Waals surface area contributed by atoms with Crippen LogP contribution in [-0.4, -0.2) is 141 Å². The normalized spacial score (nSPS) is 23.2. The zero-order valence-electron chi connectivity index (χ0n) is 36.2. The van der Waals surface area contributed by atoms with Gasteiger partial charge in [0.2, 0.25) is 0 Å². The van der Waals surface area contributed by atoms with Crippen molar-refractivity contribution < 1.29 is 58.3 Å². The molecule has 3 unspecified atom stereocenters. The molecular weight excluding hydrogens is 817 g/mol. The fraction of sp³-hybridized carbons (Fsp3) is 0.533. The highest BCUT2D eigenvalue weighted by atomic mass is 16.6. The van der Waals surface area contributed by atoms with Gasteiger partial charge in [-0.05, 0) is 94.9 Å². The molecule has 4 fully saturated rings. The SMILES string of the molecule is CN1CC[C@H](CO)C1c1cccnc1.CN1CC[C@H](COC(=O)CCC(=O)O)C1c1cccnc1.CN1CC[C@H](COC(=O)CCC(=O)O)C1c1cccnc1.O=C1CCC(=O)O1. The number of carboxylic acid groups (broad SMARTS) is 2. The zero-order chi connectivity index (χ0) is 45.7. The number of aromatic nitrogens is 3. The summed E-state index contributed by atoms with van der Waals surface area (Å²) in [6.07, 6.45) is 13.8. The smallest absolute Gasteiger partial charge is 0.314 e. The molecule has 4 aliphatic heterocycles. The van der Waals surface area contributed by atoms with Gasteiger partial charge in [-0.15, -0.1) is 0 Å². The molecule has 63 heavy (non-hydrogen) atoms. The van der Waals surface area contributed by atoms with Crippen molar-refractivity contribution in [2.45, 2.75) is 75.9 Å². The number of rotatable bonds is 14. The van der Waals surface area contributed by atoms with Gasteiger partial charge >= 0.3 is 35.8 Å². The largest absolute Gasteiger partial charge is 0.481 e. The molecule has 3 aromatic rings. The Bertz CT molecular complexity index is 1800. The third-order valence-corrected chi connectivity index (χ3v) is 11.4. The van der Waals surface area contributed by atoms with E-state index in [1.807, 2.05) is 63.0 Å². The molecule has 0 radical (unpaired) electrons. The van der Waals surface area contributed by atoms with E-state index >= 15 is 0 Å². The van der Waals surface area contributed by atoms with Crippen molar-refractivity contribution >= 4 is 35.8 Å². The molecule has 18 nitrogen and oxygen atoms in total. The molecule has 4 aliphatic rings. The maximum Gasteiger partial charge on any atom is 0.314 e. The molecule has 18 heteroatoms. The summed E-state index contributed by atoms with van der Waals surface area (Å²) in [5.74, 6) is -2.87. The van der Waals surface area contributed by atoms with Gasteiger partial charge in [0.05, 0.1) is 51.7 Å². The van der Waals surface area contributed by atoms with E-state index in [9.17, 15) is 33.9 Å². The molecule has 0 spiro atoms. The third kappa shape index (κ3) is 16.5. The fourth-order valence-corrected chi connectivity index (χ4v) is 8.25. The highest BCUT2D eigenvalue weighted by Gasteiger charge is 2.35. The van der Waals surface area contributed by atoms with E-state index in [1.54, 1.807) is 18.6 Å². The Hall–Kier alpha value is -5.69. The molecule has 7 rings (SSSR count). The van der Waals surface area contributed by atoms with Crippen molar-refractivity contribution in [2.75, 3.05) is 60.6 Å². The quantitative estimate of drug-likeness (QED) is 0.118. The van der Waals surface area contributed by atoms with Crippen molar-refractivity contribution in [2.24, 2.45) is 17.8 Å². The summed E-state index contributed by atoms with van der Waals surface area (Å²) in [6.45, 7) is 3.85. The summed E-state index contributed by atoms with van der Waals surface area (Å²) in [6, 6.07) is 12.6. The van der Waals surface area contributed by atoms with Gasteiger partial charge in [-0.2, -0.15) is 0 Å². The minimum absolute atomic E-state index is 0.0740. The Morgan fingerprint density at radius 2 is 0.952 bits per heavy atom. The van der Waals surface area contributed by atoms with E-state index in [0.29, 0.717) is 25.2 Å². The Morgan fingerprint density at radius 1 is 0.603 bits per heavy atom. The molecule has 0 aliphatic carbocycles. The number of aliphatic hydroxyl groups excluding tert-OH is 1. The van der Waals surface area contributed by atoms with Crippen LogP contribution in [0.5, 0.6) is 0 Å². The number of carbonyl (C=O) groups excluding carboxylic acids is 4. The Kier molecular flexibility index (Phi) is 20.7. The maximum atomic E-state index is 11.5. The lowest BCUT2D eigenvalue weighted by atomic mass is 9.96. The number of nitrogens with zero attached hydrogens (tertiary/aromatic N) is 6. The van der Waals surface area contributed by atoms with Gasteiger partial charge in [0.25, 0.3) is 0 Å². The molecule has 0 amide bonds. The van der Waals surface area contributed by atoms with Gasteiger partial charge in [0.15, 0.2) is 0 Å². The second-order valence-corrected chi connectivity index (χ2v) is 16.0. The van der Waals surface area contributed by atoms with Gasteiger partial charge in [-0.25, -0.2) is 0 Å². The number of carboxylic acids is 2. The number of aliphatic hydroxyl groups is 1. The number of ether oxygens (including phenoxy) is 3. The van der Waals surface area contributed by atoms with Gasteiger partial charge in [0, 0.05) is 79.7 Å². The van der Waals surface area contributed by atoms with Gasteiger partial charge in [-0.1, -0.05) is 18.2 Å². The zero-order valence-corrected chi connectivity index (χ0v) is 36.2. The third-order valence-electron chi connectivity index (χ3n) is 11.4. The van der Waals surface area contributed by atoms with Gasteiger partial charge in [0.1, 0.15) is 0 Å². The Labute approximate surface area is 367 Å². The first kappa shape index (κ1) is 50.0. The van der Waals surface area contributed by atoms with E-state index in [2.05, 4.69) is 47.5 Å². The highest BCUT2D eigenvalue weighted by molar-refractivity contribution is 5.92. The number of pyridine rings is 3. The minimum atomic E-state index is -0.985. The van der Waals surface area contributed by atoms with Crippen LogP contribution in [0.4, 0.5) is 0 Å². The first-order chi connectivity index (χ1) is 30.3. The summed E-state index contributed by atoms with van der Waals surface area (Å²) < 4.78 is 14.5. The lowest BCUT2D eigenvalue weighted by Crippen LogP contribution is -2.24. The predicted molar refractivity (Wildman–Crippen MR) is 226 cm³/mol. The molecule has 4 saturated heterocycles. The van der Waals surface area contributed by atoms with E-state index in [-0.39, 0.29) is 69.1 Å². The second-order valence-electron chi connectivity index (χ2n) is 16.0. The molecule has 7 heterocycles. The topological polar surface area (TPSA) is 239 Å². The van der Waals surface area contributed by atoms with E-state index in [1.165, 1.54) is 5.56 Å². The van der Waals surface area contributed by atoms with Gasteiger partial charge < -0.3 is 29.5 Å². The summed E-state index contributed by atoms with van der Waals surface area (Å²) in [5, 5.41) is 26.4.